The normalized spacial score (nSPS) is 10.7. The molecule has 0 saturated carbocycles. The molecular weight excluding hydrogens is 321 g/mol. The Morgan fingerprint density at radius 1 is 0.800 bits per heavy atom. The Kier molecular flexibility index (Phi) is 16.4. The predicted molar refractivity (Wildman–Crippen MR) is 54.6 cm³/mol. The molecule has 0 fully saturated rings. The van der Waals surface area contributed by atoms with Crippen molar-refractivity contribution >= 4 is 60.4 Å². The molecule has 0 spiro atoms. The van der Waals surface area contributed by atoms with Gasteiger partial charge in [0.25, 0.3) is 0 Å². The summed E-state index contributed by atoms with van der Waals surface area (Å²) < 4.78 is 0. The van der Waals surface area contributed by atoms with Crippen LogP contribution in [0.4, 0.5) is 0 Å². The van der Waals surface area contributed by atoms with Crippen LogP contribution in [0.25, 0.3) is 0 Å². The van der Waals surface area contributed by atoms with Crippen LogP contribution in [-0.2, 0) is 9.59 Å². The second-order valence-corrected chi connectivity index (χ2v) is 2.73. The van der Waals surface area contributed by atoms with Crippen molar-refractivity contribution in [1.29, 1.82) is 0 Å². The van der Waals surface area contributed by atoms with Crippen molar-refractivity contribution in [2.75, 3.05) is 0 Å². The summed E-state index contributed by atoms with van der Waals surface area (Å²) >= 11 is 0. The van der Waals surface area contributed by atoms with Gasteiger partial charge >= 0.3 is 48.9 Å². The minimum atomic E-state index is -0.187. The number of rotatable bonds is 2. The van der Waals surface area contributed by atoms with Gasteiger partial charge in [0.2, 0.25) is 0 Å². The van der Waals surface area contributed by atoms with Crippen LogP contribution in [0.3, 0.4) is 0 Å². The van der Waals surface area contributed by atoms with E-state index in [4.69, 9.17) is 0 Å². The van der Waals surface area contributed by atoms with E-state index in [9.17, 15) is 19.8 Å². The quantitative estimate of drug-likeness (QED) is 0.380. The molecule has 0 atom stereocenters. The average Bonchev–Trinajstić information content (AvgIpc) is 1.79. The molecule has 80 valence electrons. The summed E-state index contributed by atoms with van der Waals surface area (Å²) in [5, 5.41) is 20.0. The molecule has 0 N–H and O–H groups in total. The predicted octanol–water partition coefficient (Wildman–Crippen LogP) is -0.702. The topological polar surface area (TPSA) is 80.3 Å². The molecule has 0 aliphatic heterocycles. The molecule has 0 amide bonds. The van der Waals surface area contributed by atoms with E-state index >= 15 is 0 Å². The zero-order valence-electron chi connectivity index (χ0n) is 9.49. The van der Waals surface area contributed by atoms with E-state index in [-0.39, 0.29) is 72.0 Å². The van der Waals surface area contributed by atoms with Crippen molar-refractivity contribution in [2.24, 2.45) is 0 Å². The van der Waals surface area contributed by atoms with Crippen LogP contribution in [0.5, 0.6) is 0 Å². The number of ketones is 2. The van der Waals surface area contributed by atoms with E-state index in [2.05, 4.69) is 0 Å². The summed E-state index contributed by atoms with van der Waals surface area (Å²) in [6.45, 7) is 5.39. The van der Waals surface area contributed by atoms with Crippen LogP contribution >= 0.6 is 0 Å². The number of hydrogen-bond donors (Lipinski definition) is 0. The fourth-order valence-electron chi connectivity index (χ4n) is 0.572. The first-order valence-corrected chi connectivity index (χ1v) is 3.97. The summed E-state index contributed by atoms with van der Waals surface area (Å²) in [6, 6.07) is 0. The van der Waals surface area contributed by atoms with Crippen molar-refractivity contribution in [2.45, 2.75) is 27.7 Å². The van der Waals surface area contributed by atoms with Gasteiger partial charge in [-0.15, -0.1) is 11.5 Å². The minimum absolute atomic E-state index is 0. The molecule has 0 aromatic heterocycles. The first-order valence-electron chi connectivity index (χ1n) is 3.97. The molecule has 0 heterocycles. The first kappa shape index (κ1) is 20.4. The molecule has 0 bridgehead atoms. The first-order chi connectivity index (χ1) is 6.25. The Morgan fingerprint density at radius 3 is 1.00 bits per heavy atom. The molecule has 0 aromatic rings. The third-order valence-electron chi connectivity index (χ3n) is 0.813. The van der Waals surface area contributed by atoms with E-state index in [1.54, 1.807) is 0 Å². The summed E-state index contributed by atoms with van der Waals surface area (Å²) in [5.74, 6) is -0.750. The van der Waals surface area contributed by atoms with Crippen LogP contribution in [0.1, 0.15) is 27.7 Å². The average molecular weight is 336 g/mol. The number of allylic oxidation sites excluding steroid dienone is 4. The molecule has 0 radical (unpaired) electrons. The van der Waals surface area contributed by atoms with Crippen LogP contribution in [0.2, 0.25) is 0 Å². The van der Waals surface area contributed by atoms with E-state index in [0.717, 1.165) is 12.2 Å². The number of carbonyl (C=O) groups is 2. The fraction of sp³-hybridized carbons (Fsp3) is 0.400. The van der Waals surface area contributed by atoms with Crippen LogP contribution < -0.4 is 10.2 Å². The van der Waals surface area contributed by atoms with E-state index in [1.807, 2.05) is 0 Å². The number of carbonyl (C=O) groups excluding carboxylic acids is 2. The summed E-state index contributed by atoms with van der Waals surface area (Å²) in [4.78, 5) is 20.0. The van der Waals surface area contributed by atoms with E-state index < -0.39 is 0 Å². The maximum Gasteiger partial charge on any atom is 2.00 e. The second-order valence-electron chi connectivity index (χ2n) is 2.73. The molecule has 0 aromatic carbocycles. The van der Waals surface area contributed by atoms with Gasteiger partial charge in [-0.2, -0.15) is 0 Å². The molecule has 0 aliphatic carbocycles. The van der Waals surface area contributed by atoms with Gasteiger partial charge in [0.1, 0.15) is 0 Å². The van der Waals surface area contributed by atoms with Crippen molar-refractivity contribution in [3.8, 4) is 0 Å². The molecule has 5 heteroatoms. The zero-order valence-corrected chi connectivity index (χ0v) is 13.9. The summed E-state index contributed by atoms with van der Waals surface area (Å²) in [5.41, 5.74) is 0. The summed E-state index contributed by atoms with van der Waals surface area (Å²) in [6.07, 6.45) is 2.11. The van der Waals surface area contributed by atoms with Crippen molar-refractivity contribution < 1.29 is 19.8 Å². The Labute approximate surface area is 130 Å². The Hall–Kier alpha value is -0.00857. The SMILES string of the molecule is CC(=O)/C=C(\C)[O-].CC(=O)/C=C(\C)[O-].[Ba+2]. The van der Waals surface area contributed by atoms with Gasteiger partial charge in [-0.1, -0.05) is 13.8 Å². The van der Waals surface area contributed by atoms with Gasteiger partial charge < -0.3 is 10.2 Å². The molecule has 0 rings (SSSR count). The Bertz CT molecular complexity index is 231. The minimum Gasteiger partial charge on any atom is -0.876 e. The van der Waals surface area contributed by atoms with Gasteiger partial charge in [-0.25, -0.2) is 0 Å². The summed E-state index contributed by atoms with van der Waals surface area (Å²) in [7, 11) is 0. The Morgan fingerprint density at radius 2 is 1.00 bits per heavy atom. The largest absolute Gasteiger partial charge is 2.00 e. The van der Waals surface area contributed by atoms with Crippen molar-refractivity contribution in [3.05, 3.63) is 23.7 Å². The van der Waals surface area contributed by atoms with E-state index in [0.29, 0.717) is 0 Å². The zero-order chi connectivity index (χ0) is 11.7. The molecule has 0 unspecified atom stereocenters. The van der Waals surface area contributed by atoms with Gasteiger partial charge in [0.15, 0.2) is 11.6 Å². The third kappa shape index (κ3) is 31.5. The molecule has 0 saturated heterocycles. The maximum atomic E-state index is 9.98. The van der Waals surface area contributed by atoms with Crippen LogP contribution in [-0.4, -0.2) is 60.4 Å². The smallest absolute Gasteiger partial charge is 0.876 e. The molecule has 0 aliphatic rings. The monoisotopic (exact) mass is 336 g/mol. The van der Waals surface area contributed by atoms with Gasteiger partial charge in [0, 0.05) is 0 Å². The second kappa shape index (κ2) is 12.1. The fourth-order valence-corrected chi connectivity index (χ4v) is 0.572. The molecule has 15 heavy (non-hydrogen) atoms. The number of hydrogen-bond acceptors (Lipinski definition) is 4. The van der Waals surface area contributed by atoms with Crippen LogP contribution in [0, 0.1) is 0 Å². The van der Waals surface area contributed by atoms with Gasteiger partial charge in [0.05, 0.1) is 0 Å². The van der Waals surface area contributed by atoms with Gasteiger partial charge in [-0.3, -0.25) is 9.59 Å². The van der Waals surface area contributed by atoms with E-state index in [1.165, 1.54) is 27.7 Å². The van der Waals surface area contributed by atoms with Crippen molar-refractivity contribution in [1.82, 2.24) is 0 Å². The Balaban J connectivity index is -0.000000180. The maximum absolute atomic E-state index is 9.98. The molecular formula is C10H14BaO4. The van der Waals surface area contributed by atoms with Crippen LogP contribution in [0.15, 0.2) is 23.7 Å². The van der Waals surface area contributed by atoms with Gasteiger partial charge in [-0.05, 0) is 26.0 Å². The standard InChI is InChI=1S/2C5H8O2.Ba/c2*1-4(6)3-5(2)7;/h2*3,6H,1-2H3;/q;;+2/p-2/b2*4-3+;. The molecule has 4 nitrogen and oxygen atoms in total. The van der Waals surface area contributed by atoms with Crippen molar-refractivity contribution in [3.63, 3.8) is 0 Å². The third-order valence-corrected chi connectivity index (χ3v) is 0.813.